The maximum Gasteiger partial charge on any atom is 0.222 e. The molecule has 3 N–H and O–H groups in total. The second kappa shape index (κ2) is 6.36. The largest absolute Gasteiger partial charge is 0.378 e. The Morgan fingerprint density at radius 1 is 1.29 bits per heavy atom. The van der Waals surface area contributed by atoms with Crippen LogP contribution in [0.5, 0.6) is 0 Å². The molecular weight excluding hydrogens is 216 g/mol. The summed E-state index contributed by atoms with van der Waals surface area (Å²) < 4.78 is 5.45. The fraction of sp³-hybridized carbons (Fsp3) is 0.923. The van der Waals surface area contributed by atoms with Gasteiger partial charge in [-0.05, 0) is 38.0 Å². The summed E-state index contributed by atoms with van der Waals surface area (Å²) in [5.74, 6) is 0.711. The molecule has 0 aromatic carbocycles. The number of carbonyl (C=O) groups is 1. The zero-order valence-electron chi connectivity index (χ0n) is 10.5. The van der Waals surface area contributed by atoms with Crippen molar-refractivity contribution in [1.29, 1.82) is 0 Å². The predicted octanol–water partition coefficient (Wildman–Crippen LogP) is 1.19. The van der Waals surface area contributed by atoms with Crippen LogP contribution >= 0.6 is 0 Å². The van der Waals surface area contributed by atoms with Crippen molar-refractivity contribution in [2.75, 3.05) is 13.2 Å². The van der Waals surface area contributed by atoms with Crippen LogP contribution in [0.4, 0.5) is 0 Å². The van der Waals surface area contributed by atoms with Gasteiger partial charge in [0.2, 0.25) is 5.91 Å². The van der Waals surface area contributed by atoms with Crippen LogP contribution in [0.25, 0.3) is 0 Å². The molecule has 1 saturated heterocycles. The first-order valence-corrected chi connectivity index (χ1v) is 6.88. The lowest BCUT2D eigenvalue weighted by atomic mass is 9.86. The van der Waals surface area contributed by atoms with Gasteiger partial charge in [0.15, 0.2) is 0 Å². The molecular formula is C13H24N2O2. The quantitative estimate of drug-likeness (QED) is 0.776. The van der Waals surface area contributed by atoms with E-state index in [-0.39, 0.29) is 12.0 Å². The van der Waals surface area contributed by atoms with Crippen LogP contribution in [0.1, 0.15) is 44.9 Å². The van der Waals surface area contributed by atoms with Crippen molar-refractivity contribution in [3.63, 3.8) is 0 Å². The van der Waals surface area contributed by atoms with Crippen LogP contribution in [-0.4, -0.2) is 31.2 Å². The molecule has 3 unspecified atom stereocenters. The Morgan fingerprint density at radius 2 is 2.18 bits per heavy atom. The Labute approximate surface area is 103 Å². The normalized spacial score (nSPS) is 33.6. The van der Waals surface area contributed by atoms with Crippen LogP contribution in [0.15, 0.2) is 0 Å². The molecule has 0 bridgehead atoms. The first kappa shape index (κ1) is 12.8. The molecule has 1 saturated carbocycles. The van der Waals surface area contributed by atoms with E-state index in [0.717, 1.165) is 38.8 Å². The first-order chi connectivity index (χ1) is 8.24. The number of amides is 1. The highest BCUT2D eigenvalue weighted by Gasteiger charge is 2.22. The molecule has 1 heterocycles. The van der Waals surface area contributed by atoms with Gasteiger partial charge < -0.3 is 15.8 Å². The summed E-state index contributed by atoms with van der Waals surface area (Å²) in [6.45, 7) is 1.61. The lowest BCUT2D eigenvalue weighted by molar-refractivity contribution is -0.123. The molecule has 0 aromatic heterocycles. The second-order valence-electron chi connectivity index (χ2n) is 5.44. The first-order valence-electron chi connectivity index (χ1n) is 6.88. The molecule has 1 aliphatic carbocycles. The van der Waals surface area contributed by atoms with Gasteiger partial charge in [-0.2, -0.15) is 0 Å². The van der Waals surface area contributed by atoms with Crippen molar-refractivity contribution >= 4 is 5.91 Å². The number of nitrogens with one attached hydrogen (secondary N) is 1. The van der Waals surface area contributed by atoms with Gasteiger partial charge in [0, 0.05) is 19.2 Å². The maximum atomic E-state index is 11.7. The molecule has 0 aromatic rings. The highest BCUT2D eigenvalue weighted by molar-refractivity contribution is 5.76. The van der Waals surface area contributed by atoms with Gasteiger partial charge >= 0.3 is 0 Å². The van der Waals surface area contributed by atoms with Gasteiger partial charge in [-0.25, -0.2) is 0 Å². The third-order valence-corrected chi connectivity index (χ3v) is 3.85. The van der Waals surface area contributed by atoms with Gasteiger partial charge in [-0.3, -0.25) is 4.79 Å². The Morgan fingerprint density at radius 3 is 2.88 bits per heavy atom. The number of nitrogens with two attached hydrogens (primary N) is 1. The van der Waals surface area contributed by atoms with Crippen LogP contribution in [0, 0.1) is 5.92 Å². The van der Waals surface area contributed by atoms with Gasteiger partial charge in [0.25, 0.3) is 0 Å². The van der Waals surface area contributed by atoms with E-state index in [9.17, 15) is 4.79 Å². The minimum Gasteiger partial charge on any atom is -0.378 e. The van der Waals surface area contributed by atoms with E-state index in [4.69, 9.17) is 10.5 Å². The molecule has 1 aliphatic heterocycles. The van der Waals surface area contributed by atoms with Crippen LogP contribution in [0.3, 0.4) is 0 Å². The number of hydrogen-bond acceptors (Lipinski definition) is 3. The van der Waals surface area contributed by atoms with Gasteiger partial charge in [0.1, 0.15) is 0 Å². The molecule has 2 fully saturated rings. The third kappa shape index (κ3) is 4.28. The van der Waals surface area contributed by atoms with Crippen molar-refractivity contribution in [3.8, 4) is 0 Å². The van der Waals surface area contributed by atoms with E-state index in [1.165, 1.54) is 12.8 Å². The summed E-state index contributed by atoms with van der Waals surface area (Å²) in [5, 5.41) is 3.03. The van der Waals surface area contributed by atoms with E-state index in [1.54, 1.807) is 0 Å². The van der Waals surface area contributed by atoms with E-state index in [0.29, 0.717) is 18.4 Å². The monoisotopic (exact) mass is 240 g/mol. The molecule has 4 nitrogen and oxygen atoms in total. The standard InChI is InChI=1S/C13H24N2O2/c14-11-4-1-3-10(7-11)9-15-13(16)8-12-5-2-6-17-12/h10-12H,1-9,14H2,(H,15,16). The van der Waals surface area contributed by atoms with Crippen molar-refractivity contribution in [2.45, 2.75) is 57.1 Å². The molecule has 2 aliphatic rings. The van der Waals surface area contributed by atoms with E-state index < -0.39 is 0 Å². The average Bonchev–Trinajstić information content (AvgIpc) is 2.79. The third-order valence-electron chi connectivity index (χ3n) is 3.85. The summed E-state index contributed by atoms with van der Waals surface area (Å²) >= 11 is 0. The molecule has 1 amide bonds. The van der Waals surface area contributed by atoms with E-state index in [2.05, 4.69) is 5.32 Å². The Hall–Kier alpha value is -0.610. The maximum absolute atomic E-state index is 11.7. The van der Waals surface area contributed by atoms with Crippen LogP contribution < -0.4 is 11.1 Å². The molecule has 3 atom stereocenters. The highest BCUT2D eigenvalue weighted by atomic mass is 16.5. The molecule has 98 valence electrons. The zero-order chi connectivity index (χ0) is 12.1. The lowest BCUT2D eigenvalue weighted by Gasteiger charge is -2.26. The summed E-state index contributed by atoms with van der Waals surface area (Å²) in [5.41, 5.74) is 5.93. The van der Waals surface area contributed by atoms with Crippen LogP contribution in [0.2, 0.25) is 0 Å². The minimum absolute atomic E-state index is 0.135. The lowest BCUT2D eigenvalue weighted by Crippen LogP contribution is -2.36. The highest BCUT2D eigenvalue weighted by Crippen LogP contribution is 2.22. The van der Waals surface area contributed by atoms with Crippen LogP contribution in [-0.2, 0) is 9.53 Å². The van der Waals surface area contributed by atoms with Crippen molar-refractivity contribution < 1.29 is 9.53 Å². The smallest absolute Gasteiger partial charge is 0.222 e. The average molecular weight is 240 g/mol. The van der Waals surface area contributed by atoms with Gasteiger partial charge in [-0.1, -0.05) is 6.42 Å². The number of carbonyl (C=O) groups excluding carboxylic acids is 1. The van der Waals surface area contributed by atoms with Crippen molar-refractivity contribution in [2.24, 2.45) is 11.7 Å². The topological polar surface area (TPSA) is 64.3 Å². The second-order valence-corrected chi connectivity index (χ2v) is 5.44. The minimum atomic E-state index is 0.135. The number of ether oxygens (including phenoxy) is 1. The van der Waals surface area contributed by atoms with Gasteiger partial charge in [-0.15, -0.1) is 0 Å². The number of rotatable bonds is 4. The molecule has 0 spiro atoms. The molecule has 17 heavy (non-hydrogen) atoms. The Balaban J connectivity index is 1.61. The van der Waals surface area contributed by atoms with Gasteiger partial charge in [0.05, 0.1) is 12.5 Å². The van der Waals surface area contributed by atoms with Crippen molar-refractivity contribution in [3.05, 3.63) is 0 Å². The SMILES string of the molecule is NC1CCCC(CNC(=O)CC2CCCO2)C1. The molecule has 0 radical (unpaired) electrons. The fourth-order valence-corrected chi connectivity index (χ4v) is 2.86. The van der Waals surface area contributed by atoms with E-state index in [1.807, 2.05) is 0 Å². The van der Waals surface area contributed by atoms with E-state index >= 15 is 0 Å². The zero-order valence-corrected chi connectivity index (χ0v) is 10.5. The summed E-state index contributed by atoms with van der Waals surface area (Å²) in [6.07, 6.45) is 7.40. The Kier molecular flexibility index (Phi) is 4.80. The predicted molar refractivity (Wildman–Crippen MR) is 66.5 cm³/mol. The molecule has 4 heteroatoms. The molecule has 2 rings (SSSR count). The Bertz CT molecular complexity index is 252. The summed E-state index contributed by atoms with van der Waals surface area (Å²) in [4.78, 5) is 11.7. The number of hydrogen-bond donors (Lipinski definition) is 2. The summed E-state index contributed by atoms with van der Waals surface area (Å²) in [7, 11) is 0. The fourth-order valence-electron chi connectivity index (χ4n) is 2.86. The van der Waals surface area contributed by atoms with Crippen molar-refractivity contribution in [1.82, 2.24) is 5.32 Å². The summed E-state index contributed by atoms with van der Waals surface area (Å²) in [6, 6.07) is 0.337.